The van der Waals surface area contributed by atoms with Gasteiger partial charge in [-0.15, -0.1) is 0 Å². The first kappa shape index (κ1) is 38.7. The molecule has 0 aliphatic rings. The van der Waals surface area contributed by atoms with Crippen molar-refractivity contribution in [2.45, 2.75) is 14.7 Å². The Bertz CT molecular complexity index is 1650. The molecule has 0 fully saturated rings. The van der Waals surface area contributed by atoms with Crippen LogP contribution < -0.4 is 0 Å². The summed E-state index contributed by atoms with van der Waals surface area (Å²) in [6.45, 7) is 0. The molecule has 0 saturated carbocycles. The Hall–Kier alpha value is -4.29. The second kappa shape index (κ2) is 14.7. The first-order valence-corrected chi connectivity index (χ1v) is 14.4. The van der Waals surface area contributed by atoms with Crippen LogP contribution >= 0.6 is 0 Å². The molecule has 3 aromatic carbocycles. The SMILES string of the molecule is O=C(O)c1cc(S(=O)(=O)O)ccc1O.O=C(O)c1cc(S(=O)(=O)O)ccc1O.O=C(O)c1cc(S(=O)(=O)O)ccc1O.[Co]. The summed E-state index contributed by atoms with van der Waals surface area (Å²) < 4.78 is 89.4. The minimum atomic E-state index is -4.45. The second-order valence-electron chi connectivity index (χ2n) is 7.38. The van der Waals surface area contributed by atoms with E-state index in [4.69, 9.17) is 44.3 Å². The number of aromatic carboxylic acids is 3. The van der Waals surface area contributed by atoms with E-state index in [0.29, 0.717) is 18.2 Å². The number of phenols is 3. The van der Waals surface area contributed by atoms with E-state index in [2.05, 4.69) is 0 Å². The number of carboxylic acids is 3. The molecule has 22 heteroatoms. The van der Waals surface area contributed by atoms with E-state index >= 15 is 0 Å². The van der Waals surface area contributed by atoms with Crippen molar-refractivity contribution in [2.75, 3.05) is 0 Å². The van der Waals surface area contributed by atoms with Gasteiger partial charge in [-0.05, 0) is 54.6 Å². The van der Waals surface area contributed by atoms with Crippen molar-refractivity contribution in [3.63, 3.8) is 0 Å². The van der Waals surface area contributed by atoms with Crippen LogP contribution in [0.5, 0.6) is 17.2 Å². The zero-order chi connectivity index (χ0) is 32.8. The molecule has 0 amide bonds. The van der Waals surface area contributed by atoms with Gasteiger partial charge in [-0.3, -0.25) is 13.7 Å². The van der Waals surface area contributed by atoms with Crippen LogP contribution in [0.15, 0.2) is 69.3 Å². The molecular weight excluding hydrogens is 695 g/mol. The molecule has 0 aromatic heterocycles. The van der Waals surface area contributed by atoms with Gasteiger partial charge in [-0.1, -0.05) is 0 Å². The summed E-state index contributed by atoms with van der Waals surface area (Å²) in [6, 6.07) is 7.37. The van der Waals surface area contributed by atoms with Crippen molar-refractivity contribution >= 4 is 48.3 Å². The van der Waals surface area contributed by atoms with Gasteiger partial charge in [0.05, 0.1) is 14.7 Å². The van der Waals surface area contributed by atoms with Crippen LogP contribution in [0.25, 0.3) is 0 Å². The molecule has 237 valence electrons. The normalized spacial score (nSPS) is 11.0. The zero-order valence-electron chi connectivity index (χ0n) is 20.5. The summed E-state index contributed by atoms with van der Waals surface area (Å²) in [7, 11) is -13.4. The second-order valence-corrected chi connectivity index (χ2v) is 11.6. The van der Waals surface area contributed by atoms with Crippen LogP contribution in [0.3, 0.4) is 0 Å². The van der Waals surface area contributed by atoms with Gasteiger partial charge >= 0.3 is 17.9 Å². The maximum absolute atomic E-state index is 10.6. The minimum Gasteiger partial charge on any atom is -0.507 e. The third-order valence-corrected chi connectivity index (χ3v) is 7.04. The molecule has 3 aromatic rings. The van der Waals surface area contributed by atoms with E-state index in [1.54, 1.807) is 0 Å². The number of carboxylic acid groups (broad SMARTS) is 3. The van der Waals surface area contributed by atoms with Gasteiger partial charge < -0.3 is 30.6 Å². The fourth-order valence-corrected chi connectivity index (χ4v) is 4.06. The number of hydrogen-bond acceptors (Lipinski definition) is 12. The maximum Gasteiger partial charge on any atom is 0.339 e. The fourth-order valence-electron chi connectivity index (χ4n) is 2.54. The number of hydrogen-bond donors (Lipinski definition) is 9. The van der Waals surface area contributed by atoms with E-state index in [1.165, 1.54) is 0 Å². The topological polar surface area (TPSA) is 336 Å². The molecule has 0 saturated heterocycles. The van der Waals surface area contributed by atoms with Crippen LogP contribution in [0.4, 0.5) is 0 Å². The molecule has 0 aliphatic carbocycles. The Balaban J connectivity index is 0.000000608. The van der Waals surface area contributed by atoms with Crippen LogP contribution in [0, 0.1) is 0 Å². The monoisotopic (exact) mass is 713 g/mol. The molecule has 43 heavy (non-hydrogen) atoms. The molecule has 0 unspecified atom stereocenters. The van der Waals surface area contributed by atoms with E-state index in [-0.39, 0.29) is 16.8 Å². The Morgan fingerprint density at radius 3 is 0.767 bits per heavy atom. The molecule has 0 bridgehead atoms. The molecule has 1 radical (unpaired) electrons. The van der Waals surface area contributed by atoms with Crippen molar-refractivity contribution < 1.29 is 101 Å². The molecule has 0 aliphatic heterocycles. The van der Waals surface area contributed by atoms with Crippen molar-refractivity contribution in [2.24, 2.45) is 0 Å². The fraction of sp³-hybridized carbons (Fsp3) is 0. The van der Waals surface area contributed by atoms with Crippen molar-refractivity contribution in [3.8, 4) is 17.2 Å². The zero-order valence-corrected chi connectivity index (χ0v) is 23.9. The molecular formula is C21H18CoO18S3. The van der Waals surface area contributed by atoms with Crippen LogP contribution in [-0.4, -0.2) is 87.5 Å². The smallest absolute Gasteiger partial charge is 0.339 e. The number of rotatable bonds is 6. The standard InChI is InChI=1S/3C7H6O6S.Co/c3*8-6-2-1-4(14(11,12)13)3-5(6)7(9)10;/h3*1-3,8H,(H,9,10)(H,11,12,13);. The van der Waals surface area contributed by atoms with Gasteiger partial charge in [0, 0.05) is 16.8 Å². The summed E-state index contributed by atoms with van der Waals surface area (Å²) in [6.07, 6.45) is 0. The molecule has 0 heterocycles. The van der Waals surface area contributed by atoms with Crippen LogP contribution in [0.2, 0.25) is 0 Å². The van der Waals surface area contributed by atoms with Gasteiger partial charge in [0.2, 0.25) is 0 Å². The predicted octanol–water partition coefficient (Wildman–Crippen LogP) is 1.01. The molecule has 0 atom stereocenters. The maximum atomic E-state index is 10.6. The van der Waals surface area contributed by atoms with Gasteiger partial charge in [-0.25, -0.2) is 14.4 Å². The van der Waals surface area contributed by atoms with E-state index in [0.717, 1.165) is 36.4 Å². The van der Waals surface area contributed by atoms with E-state index < -0.39 is 96.9 Å². The third-order valence-electron chi connectivity index (χ3n) is 4.49. The summed E-state index contributed by atoms with van der Waals surface area (Å²) in [5.41, 5.74) is -1.75. The number of aromatic hydroxyl groups is 3. The Kier molecular flexibility index (Phi) is 13.3. The van der Waals surface area contributed by atoms with Gasteiger partial charge in [0.25, 0.3) is 30.4 Å². The first-order chi connectivity index (χ1) is 19.0. The van der Waals surface area contributed by atoms with E-state index in [1.807, 2.05) is 0 Å². The number of benzene rings is 3. The molecule has 0 spiro atoms. The largest absolute Gasteiger partial charge is 0.507 e. The minimum absolute atomic E-state index is 0. The summed E-state index contributed by atoms with van der Waals surface area (Å²) in [4.78, 5) is 29.7. The van der Waals surface area contributed by atoms with Crippen LogP contribution in [0.1, 0.15) is 31.1 Å². The summed E-state index contributed by atoms with van der Waals surface area (Å²) >= 11 is 0. The summed E-state index contributed by atoms with van der Waals surface area (Å²) in [5.74, 6) is -6.13. The molecule has 18 nitrogen and oxygen atoms in total. The summed E-state index contributed by atoms with van der Waals surface area (Å²) in [5, 5.41) is 52.6. The Morgan fingerprint density at radius 1 is 0.442 bits per heavy atom. The Labute approximate surface area is 251 Å². The number of carbonyl (C=O) groups is 3. The van der Waals surface area contributed by atoms with Crippen LogP contribution in [-0.2, 0) is 47.1 Å². The van der Waals surface area contributed by atoms with Crippen molar-refractivity contribution in [3.05, 3.63) is 71.3 Å². The van der Waals surface area contributed by atoms with Gasteiger partial charge in [0.15, 0.2) is 0 Å². The predicted molar refractivity (Wildman–Crippen MR) is 135 cm³/mol. The Morgan fingerprint density at radius 2 is 0.628 bits per heavy atom. The van der Waals surface area contributed by atoms with E-state index in [9.17, 15) is 39.6 Å². The third kappa shape index (κ3) is 11.5. The quantitative estimate of drug-likeness (QED) is 0.161. The average Bonchev–Trinajstić information content (AvgIpc) is 2.83. The molecule has 9 N–H and O–H groups in total. The van der Waals surface area contributed by atoms with Crippen molar-refractivity contribution in [1.29, 1.82) is 0 Å². The average molecular weight is 713 g/mol. The van der Waals surface area contributed by atoms with Crippen molar-refractivity contribution in [1.82, 2.24) is 0 Å². The molecule has 3 rings (SSSR count). The van der Waals surface area contributed by atoms with Gasteiger partial charge in [0.1, 0.15) is 33.9 Å². The van der Waals surface area contributed by atoms with Gasteiger partial charge in [-0.2, -0.15) is 25.3 Å². The first-order valence-electron chi connectivity index (χ1n) is 10.1.